The van der Waals surface area contributed by atoms with Gasteiger partial charge in [0, 0.05) is 0 Å². The second-order valence-corrected chi connectivity index (χ2v) is 5.03. The molecule has 5 nitrogen and oxygen atoms in total. The average Bonchev–Trinajstić information content (AvgIpc) is 2.87. The fraction of sp³-hybridized carbons (Fsp3) is 0.0625. The average molecular weight is 294 g/mol. The van der Waals surface area contributed by atoms with E-state index >= 15 is 0 Å². The van der Waals surface area contributed by atoms with Gasteiger partial charge in [-0.05, 0) is 43.3 Å². The second-order valence-electron chi connectivity index (χ2n) is 5.03. The first-order chi connectivity index (χ1) is 10.6. The summed E-state index contributed by atoms with van der Waals surface area (Å²) in [5.41, 5.74) is 3.06. The molecule has 22 heavy (non-hydrogen) atoms. The van der Waals surface area contributed by atoms with Crippen LogP contribution in [0, 0.1) is 12.7 Å². The van der Waals surface area contributed by atoms with Crippen LogP contribution in [0.5, 0.6) is 5.88 Å². The third kappa shape index (κ3) is 1.74. The molecule has 0 aliphatic rings. The van der Waals surface area contributed by atoms with E-state index in [9.17, 15) is 9.50 Å². The van der Waals surface area contributed by atoms with Crippen LogP contribution >= 0.6 is 0 Å². The molecule has 0 N–H and O–H groups in total. The molecule has 2 aromatic carbocycles. The van der Waals surface area contributed by atoms with Crippen LogP contribution in [0.2, 0.25) is 0 Å². The van der Waals surface area contributed by atoms with Crippen LogP contribution in [0.15, 0.2) is 48.5 Å². The van der Waals surface area contributed by atoms with Gasteiger partial charge in [-0.3, -0.25) is 0 Å². The summed E-state index contributed by atoms with van der Waals surface area (Å²) in [6.07, 6.45) is 0. The molecule has 2 aromatic heterocycles. The summed E-state index contributed by atoms with van der Waals surface area (Å²) in [6.45, 7) is 1.78. The number of hydrogen-bond acceptors (Lipinski definition) is 3. The lowest BCUT2D eigenvalue weighted by Crippen LogP contribution is -2.27. The molecule has 2 heterocycles. The molecule has 0 saturated carbocycles. The van der Waals surface area contributed by atoms with Crippen LogP contribution < -0.4 is 9.62 Å². The molecule has 0 radical (unpaired) electrons. The lowest BCUT2D eigenvalue weighted by Gasteiger charge is -2.02. The zero-order chi connectivity index (χ0) is 15.3. The molecule has 0 saturated heterocycles. The van der Waals surface area contributed by atoms with Gasteiger partial charge in [-0.15, -0.1) is 4.68 Å². The summed E-state index contributed by atoms with van der Waals surface area (Å²) < 4.78 is 15.9. The standard InChI is InChI=1S/C16H11FN4O/c1-10-15-16(22)20(12-8-6-11(17)7-9-12)19-21(15)14-5-3-2-4-13(14)18-10/h2-9H,1H3. The quantitative estimate of drug-likeness (QED) is 0.502. The highest BCUT2D eigenvalue weighted by atomic mass is 19.1. The van der Waals surface area contributed by atoms with Crippen molar-refractivity contribution >= 4 is 16.6 Å². The molecule has 0 aliphatic carbocycles. The van der Waals surface area contributed by atoms with Crippen LogP contribution in [0.25, 0.3) is 22.2 Å². The van der Waals surface area contributed by atoms with Gasteiger partial charge in [0.2, 0.25) is 5.52 Å². The van der Waals surface area contributed by atoms with Gasteiger partial charge >= 0.3 is 0 Å². The molecule has 108 valence electrons. The summed E-state index contributed by atoms with van der Waals surface area (Å²) in [5, 5.41) is 17.0. The van der Waals surface area contributed by atoms with Crippen LogP contribution in [0.1, 0.15) is 5.69 Å². The van der Waals surface area contributed by atoms with Crippen molar-refractivity contribution < 1.29 is 14.0 Å². The van der Waals surface area contributed by atoms with Crippen molar-refractivity contribution in [3.63, 3.8) is 0 Å². The number of benzene rings is 2. The third-order valence-electron chi connectivity index (χ3n) is 3.60. The zero-order valence-electron chi connectivity index (χ0n) is 11.7. The molecule has 0 atom stereocenters. The van der Waals surface area contributed by atoms with Gasteiger partial charge in [-0.25, -0.2) is 9.37 Å². The Morgan fingerprint density at radius 2 is 1.82 bits per heavy atom. The van der Waals surface area contributed by atoms with E-state index in [4.69, 9.17) is 0 Å². The fourth-order valence-corrected chi connectivity index (χ4v) is 2.56. The molecule has 0 unspecified atom stereocenters. The molecular formula is C16H11FN4O. The Morgan fingerprint density at radius 1 is 1.09 bits per heavy atom. The predicted molar refractivity (Wildman–Crippen MR) is 76.2 cm³/mol. The van der Waals surface area contributed by atoms with Crippen molar-refractivity contribution in [2.45, 2.75) is 6.92 Å². The van der Waals surface area contributed by atoms with E-state index in [-0.39, 0.29) is 11.7 Å². The molecular weight excluding hydrogens is 283 g/mol. The van der Waals surface area contributed by atoms with E-state index in [0.717, 1.165) is 11.0 Å². The first kappa shape index (κ1) is 12.7. The topological polar surface area (TPSA) is 57.9 Å². The number of aryl methyl sites for hydroxylation is 1. The predicted octanol–water partition coefficient (Wildman–Crippen LogP) is 1.68. The summed E-state index contributed by atoms with van der Waals surface area (Å²) >= 11 is 0. The third-order valence-corrected chi connectivity index (χ3v) is 3.60. The first-order valence-electron chi connectivity index (χ1n) is 6.78. The summed E-state index contributed by atoms with van der Waals surface area (Å²) in [6, 6.07) is 13.1. The maximum absolute atomic E-state index is 13.1. The Balaban J connectivity index is 2.10. The van der Waals surface area contributed by atoms with Gasteiger partial charge in [0.25, 0.3) is 0 Å². The number of fused-ring (bicyclic) bond motifs is 3. The lowest BCUT2D eigenvalue weighted by atomic mass is 10.2. The Morgan fingerprint density at radius 3 is 2.59 bits per heavy atom. The van der Waals surface area contributed by atoms with Crippen LogP contribution in [-0.2, 0) is 0 Å². The highest BCUT2D eigenvalue weighted by Gasteiger charge is 2.20. The van der Waals surface area contributed by atoms with E-state index < -0.39 is 0 Å². The summed E-state index contributed by atoms with van der Waals surface area (Å²) in [5.74, 6) is -0.633. The maximum Gasteiger partial charge on any atom is 0.212 e. The van der Waals surface area contributed by atoms with Gasteiger partial charge in [0.1, 0.15) is 22.4 Å². The number of para-hydroxylation sites is 2. The molecule has 0 spiro atoms. The SMILES string of the molecule is Cc1nc2ccccc2[n+]2nn(-c3ccc(F)cc3)c([O-])c12. The summed E-state index contributed by atoms with van der Waals surface area (Å²) in [7, 11) is 0. The molecule has 4 aromatic rings. The molecule has 0 fully saturated rings. The van der Waals surface area contributed by atoms with Crippen molar-refractivity contribution in [3.05, 3.63) is 60.0 Å². The van der Waals surface area contributed by atoms with Crippen molar-refractivity contribution in [1.82, 2.24) is 14.9 Å². The van der Waals surface area contributed by atoms with E-state index in [0.29, 0.717) is 16.9 Å². The number of halogens is 1. The number of rotatable bonds is 1. The van der Waals surface area contributed by atoms with Gasteiger partial charge in [0.15, 0.2) is 11.2 Å². The van der Waals surface area contributed by atoms with Crippen molar-refractivity contribution in [2.24, 2.45) is 0 Å². The minimum Gasteiger partial charge on any atom is -0.837 e. The van der Waals surface area contributed by atoms with Crippen LogP contribution in [-0.4, -0.2) is 14.9 Å². The molecule has 4 rings (SSSR count). The Kier molecular flexibility index (Phi) is 2.59. The Labute approximate surface area is 124 Å². The highest BCUT2D eigenvalue weighted by molar-refractivity contribution is 5.74. The number of hydrogen-bond donors (Lipinski definition) is 0. The van der Waals surface area contributed by atoms with Crippen LogP contribution in [0.3, 0.4) is 0 Å². The first-order valence-corrected chi connectivity index (χ1v) is 6.78. The fourth-order valence-electron chi connectivity index (χ4n) is 2.56. The van der Waals surface area contributed by atoms with Crippen LogP contribution in [0.4, 0.5) is 4.39 Å². The van der Waals surface area contributed by atoms with E-state index in [2.05, 4.69) is 10.2 Å². The van der Waals surface area contributed by atoms with Gasteiger partial charge in [-0.2, -0.15) is 0 Å². The van der Waals surface area contributed by atoms with Gasteiger partial charge in [-0.1, -0.05) is 16.6 Å². The molecule has 0 amide bonds. The Hall–Kier alpha value is -3.02. The summed E-state index contributed by atoms with van der Waals surface area (Å²) in [4.78, 5) is 4.45. The van der Waals surface area contributed by atoms with Crippen molar-refractivity contribution in [3.8, 4) is 11.6 Å². The monoisotopic (exact) mass is 294 g/mol. The largest absolute Gasteiger partial charge is 0.837 e. The van der Waals surface area contributed by atoms with Crippen molar-refractivity contribution in [1.29, 1.82) is 0 Å². The van der Waals surface area contributed by atoms with E-state index in [1.54, 1.807) is 11.4 Å². The minimum atomic E-state index is -0.358. The number of nitrogens with zero attached hydrogens (tertiary/aromatic N) is 4. The van der Waals surface area contributed by atoms with Gasteiger partial charge in [0.05, 0.1) is 5.69 Å². The second kappa shape index (κ2) is 4.49. The minimum absolute atomic E-state index is 0.276. The molecule has 0 bridgehead atoms. The normalized spacial score (nSPS) is 11.4. The van der Waals surface area contributed by atoms with Gasteiger partial charge < -0.3 is 5.11 Å². The molecule has 6 heteroatoms. The van der Waals surface area contributed by atoms with E-state index in [1.165, 1.54) is 28.9 Å². The van der Waals surface area contributed by atoms with Crippen molar-refractivity contribution in [2.75, 3.05) is 0 Å². The smallest absolute Gasteiger partial charge is 0.212 e. The molecule has 0 aliphatic heterocycles. The van der Waals surface area contributed by atoms with E-state index in [1.807, 2.05) is 24.3 Å². The Bertz CT molecular complexity index is 1010. The zero-order valence-corrected chi connectivity index (χ0v) is 11.7. The highest BCUT2D eigenvalue weighted by Crippen LogP contribution is 2.21. The maximum atomic E-state index is 13.1. The number of aromatic nitrogens is 4. The lowest BCUT2D eigenvalue weighted by molar-refractivity contribution is -0.556.